The molecule has 0 saturated heterocycles. The first-order chi connectivity index (χ1) is 5.40. The van der Waals surface area contributed by atoms with Gasteiger partial charge in [0, 0.05) is 0 Å². The van der Waals surface area contributed by atoms with Crippen molar-refractivity contribution in [3.05, 3.63) is 0 Å². The first-order valence-electron chi connectivity index (χ1n) is 3.91. The summed E-state index contributed by atoms with van der Waals surface area (Å²) < 4.78 is 5.02. The fraction of sp³-hybridized carbons (Fsp3) is 0.875. The molecular weight excluding hydrogens is 158 g/mol. The summed E-state index contributed by atoms with van der Waals surface area (Å²) in [5.74, 6) is -0.424. The van der Waals surface area contributed by atoms with Gasteiger partial charge in [-0.05, 0) is 27.8 Å². The van der Waals surface area contributed by atoms with E-state index in [9.17, 15) is 4.79 Å². The van der Waals surface area contributed by atoms with E-state index in [2.05, 4.69) is 5.32 Å². The second kappa shape index (κ2) is 4.42. The molecule has 0 heterocycles. The fourth-order valence-electron chi connectivity index (χ4n) is 0.657. The Morgan fingerprint density at radius 3 is 2.33 bits per heavy atom. The van der Waals surface area contributed by atoms with Gasteiger partial charge in [-0.25, -0.2) is 0 Å². The summed E-state index contributed by atoms with van der Waals surface area (Å²) in [4.78, 5) is 11.2. The zero-order valence-electron chi connectivity index (χ0n) is 8.05. The minimum absolute atomic E-state index is 0.245. The van der Waals surface area contributed by atoms with Crippen molar-refractivity contribution in [2.45, 2.75) is 32.4 Å². The Balaban J connectivity index is 4.02. The maximum Gasteiger partial charge on any atom is 0.326 e. The lowest BCUT2D eigenvalue weighted by molar-refractivity contribution is -0.158. The van der Waals surface area contributed by atoms with Gasteiger partial charge in [0.1, 0.15) is 11.6 Å². The summed E-state index contributed by atoms with van der Waals surface area (Å²) in [5, 5.41) is 11.4. The summed E-state index contributed by atoms with van der Waals surface area (Å²) >= 11 is 0. The third-order valence-electron chi connectivity index (χ3n) is 1.22. The molecule has 0 radical (unpaired) electrons. The van der Waals surface area contributed by atoms with Crippen molar-refractivity contribution in [2.24, 2.45) is 0 Å². The number of hydrogen-bond acceptors (Lipinski definition) is 4. The van der Waals surface area contributed by atoms with Crippen LogP contribution in [0.4, 0.5) is 0 Å². The molecule has 12 heavy (non-hydrogen) atoms. The number of ether oxygens (including phenoxy) is 1. The van der Waals surface area contributed by atoms with Gasteiger partial charge in [0.2, 0.25) is 0 Å². The molecule has 0 spiro atoms. The molecule has 0 aliphatic carbocycles. The van der Waals surface area contributed by atoms with Gasteiger partial charge in [-0.2, -0.15) is 0 Å². The van der Waals surface area contributed by atoms with Crippen LogP contribution in [0.25, 0.3) is 0 Å². The van der Waals surface area contributed by atoms with Crippen molar-refractivity contribution in [3.8, 4) is 0 Å². The number of rotatable bonds is 3. The first-order valence-corrected chi connectivity index (χ1v) is 3.91. The second-order valence-electron chi connectivity index (χ2n) is 3.56. The molecule has 0 aromatic carbocycles. The van der Waals surface area contributed by atoms with E-state index in [0.717, 1.165) is 0 Å². The molecule has 72 valence electrons. The summed E-state index contributed by atoms with van der Waals surface area (Å²) in [5.41, 5.74) is -0.499. The average molecular weight is 175 g/mol. The predicted molar refractivity (Wildman–Crippen MR) is 45.8 cm³/mol. The van der Waals surface area contributed by atoms with Gasteiger partial charge in [-0.15, -0.1) is 0 Å². The Hall–Kier alpha value is -0.610. The lowest BCUT2D eigenvalue weighted by Gasteiger charge is -2.22. The normalized spacial score (nSPS) is 14.1. The van der Waals surface area contributed by atoms with E-state index >= 15 is 0 Å². The van der Waals surface area contributed by atoms with Gasteiger partial charge in [0.25, 0.3) is 0 Å². The summed E-state index contributed by atoms with van der Waals surface area (Å²) in [7, 11) is 1.60. The third kappa shape index (κ3) is 4.31. The first kappa shape index (κ1) is 11.4. The Morgan fingerprint density at radius 1 is 1.58 bits per heavy atom. The lowest BCUT2D eigenvalue weighted by Crippen LogP contribution is -2.41. The molecule has 0 unspecified atom stereocenters. The SMILES string of the molecule is CN[C@@H](CO)C(=O)OC(C)(C)C. The van der Waals surface area contributed by atoms with Crippen LogP contribution in [0.2, 0.25) is 0 Å². The predicted octanol–water partition coefficient (Wildman–Crippen LogP) is -0.0916. The van der Waals surface area contributed by atoms with Crippen molar-refractivity contribution in [3.63, 3.8) is 0 Å². The number of aliphatic hydroxyl groups is 1. The van der Waals surface area contributed by atoms with Gasteiger partial charge >= 0.3 is 5.97 Å². The minimum Gasteiger partial charge on any atom is -0.459 e. The standard InChI is InChI=1S/C8H17NO3/c1-8(2,3)12-7(11)6(5-10)9-4/h6,9-10H,5H2,1-4H3/t6-/m0/s1. The van der Waals surface area contributed by atoms with E-state index in [1.54, 1.807) is 27.8 Å². The molecular formula is C8H17NO3. The van der Waals surface area contributed by atoms with E-state index in [1.807, 2.05) is 0 Å². The summed E-state index contributed by atoms with van der Waals surface area (Å²) in [6.07, 6.45) is 0. The molecule has 4 nitrogen and oxygen atoms in total. The van der Waals surface area contributed by atoms with Crippen LogP contribution >= 0.6 is 0 Å². The molecule has 0 rings (SSSR count). The highest BCUT2D eigenvalue weighted by atomic mass is 16.6. The zero-order chi connectivity index (χ0) is 9.78. The Morgan fingerprint density at radius 2 is 2.08 bits per heavy atom. The molecule has 0 aromatic rings. The molecule has 2 N–H and O–H groups in total. The summed E-state index contributed by atoms with van der Waals surface area (Å²) in [6, 6.07) is -0.621. The molecule has 4 heteroatoms. The number of esters is 1. The van der Waals surface area contributed by atoms with Crippen LogP contribution in [0.5, 0.6) is 0 Å². The quantitative estimate of drug-likeness (QED) is 0.588. The van der Waals surface area contributed by atoms with E-state index in [-0.39, 0.29) is 6.61 Å². The van der Waals surface area contributed by atoms with Gasteiger partial charge < -0.3 is 15.2 Å². The zero-order valence-corrected chi connectivity index (χ0v) is 8.05. The maximum atomic E-state index is 11.2. The van der Waals surface area contributed by atoms with Gasteiger partial charge in [-0.1, -0.05) is 0 Å². The van der Waals surface area contributed by atoms with Crippen LogP contribution in [0.1, 0.15) is 20.8 Å². The molecule has 0 fully saturated rings. The van der Waals surface area contributed by atoms with E-state index < -0.39 is 17.6 Å². The van der Waals surface area contributed by atoms with Crippen LogP contribution in [-0.4, -0.2) is 36.4 Å². The van der Waals surface area contributed by atoms with Crippen LogP contribution in [0.3, 0.4) is 0 Å². The van der Waals surface area contributed by atoms with E-state index in [0.29, 0.717) is 0 Å². The van der Waals surface area contributed by atoms with Crippen LogP contribution in [-0.2, 0) is 9.53 Å². The van der Waals surface area contributed by atoms with Gasteiger partial charge in [0.05, 0.1) is 6.61 Å². The average Bonchev–Trinajstić information content (AvgIpc) is 1.85. The smallest absolute Gasteiger partial charge is 0.326 e. The van der Waals surface area contributed by atoms with Crippen LogP contribution in [0, 0.1) is 0 Å². The molecule has 0 bridgehead atoms. The Kier molecular flexibility index (Phi) is 4.20. The molecule has 0 amide bonds. The molecule has 0 aliphatic heterocycles. The van der Waals surface area contributed by atoms with Gasteiger partial charge in [-0.3, -0.25) is 4.79 Å². The number of carbonyl (C=O) groups excluding carboxylic acids is 1. The molecule has 1 atom stereocenters. The van der Waals surface area contributed by atoms with Crippen molar-refractivity contribution < 1.29 is 14.6 Å². The minimum atomic E-state index is -0.621. The Bertz CT molecular complexity index is 147. The van der Waals surface area contributed by atoms with Gasteiger partial charge in [0.15, 0.2) is 0 Å². The molecule has 0 saturated carbocycles. The van der Waals surface area contributed by atoms with Crippen LogP contribution < -0.4 is 5.32 Å². The van der Waals surface area contributed by atoms with Crippen molar-refractivity contribution in [1.82, 2.24) is 5.32 Å². The number of aliphatic hydroxyl groups excluding tert-OH is 1. The third-order valence-corrected chi connectivity index (χ3v) is 1.22. The summed E-state index contributed by atoms with van der Waals surface area (Å²) in [6.45, 7) is 5.12. The van der Waals surface area contributed by atoms with E-state index in [1.165, 1.54) is 0 Å². The van der Waals surface area contributed by atoms with Crippen molar-refractivity contribution in [2.75, 3.05) is 13.7 Å². The highest BCUT2D eigenvalue weighted by molar-refractivity contribution is 5.76. The maximum absolute atomic E-state index is 11.2. The number of likely N-dealkylation sites (N-methyl/N-ethyl adjacent to an activating group) is 1. The molecule has 0 aliphatic rings. The second-order valence-corrected chi connectivity index (χ2v) is 3.56. The topological polar surface area (TPSA) is 58.6 Å². The van der Waals surface area contributed by atoms with Crippen LogP contribution in [0.15, 0.2) is 0 Å². The number of hydrogen-bond donors (Lipinski definition) is 2. The molecule has 0 aromatic heterocycles. The van der Waals surface area contributed by atoms with Crippen molar-refractivity contribution >= 4 is 5.97 Å². The lowest BCUT2D eigenvalue weighted by atomic mass is 10.2. The van der Waals surface area contributed by atoms with E-state index in [4.69, 9.17) is 9.84 Å². The fourth-order valence-corrected chi connectivity index (χ4v) is 0.657. The number of carbonyl (C=O) groups is 1. The highest BCUT2D eigenvalue weighted by Crippen LogP contribution is 2.07. The Labute approximate surface area is 72.9 Å². The number of nitrogens with one attached hydrogen (secondary N) is 1. The van der Waals surface area contributed by atoms with Crippen molar-refractivity contribution in [1.29, 1.82) is 0 Å². The largest absolute Gasteiger partial charge is 0.459 e. The highest BCUT2D eigenvalue weighted by Gasteiger charge is 2.22. The monoisotopic (exact) mass is 175 g/mol.